The van der Waals surface area contributed by atoms with E-state index in [1.165, 1.54) is 0 Å². The average molecular weight is 383 g/mol. The van der Waals surface area contributed by atoms with Gasteiger partial charge in [0.1, 0.15) is 5.69 Å². The summed E-state index contributed by atoms with van der Waals surface area (Å²) in [6, 6.07) is 5.99. The van der Waals surface area contributed by atoms with Crippen molar-refractivity contribution in [1.82, 2.24) is 4.98 Å². The number of nitrogens with one attached hydrogen (secondary N) is 2. The maximum Gasteiger partial charge on any atom is 0.272 e. The van der Waals surface area contributed by atoms with Gasteiger partial charge in [-0.1, -0.05) is 0 Å². The summed E-state index contributed by atoms with van der Waals surface area (Å²) in [6.07, 6.45) is 3.53. The van der Waals surface area contributed by atoms with Gasteiger partial charge in [-0.25, -0.2) is 22.0 Å². The van der Waals surface area contributed by atoms with Crippen LogP contribution in [0.5, 0.6) is 0 Å². The van der Waals surface area contributed by atoms with E-state index >= 15 is 0 Å². The first-order valence-corrected chi connectivity index (χ1v) is 10.6. The van der Waals surface area contributed by atoms with Gasteiger partial charge in [-0.3, -0.25) is 9.52 Å². The summed E-state index contributed by atoms with van der Waals surface area (Å²) in [5, 5.41) is 4.99. The van der Waals surface area contributed by atoms with Gasteiger partial charge >= 0.3 is 0 Å². The molecule has 1 aliphatic rings. The van der Waals surface area contributed by atoms with Gasteiger partial charge in [0.2, 0.25) is 10.0 Å². The molecular formula is C15H17N3O5S2. The Morgan fingerprint density at radius 1 is 0.960 bits per heavy atom. The van der Waals surface area contributed by atoms with E-state index < -0.39 is 25.6 Å². The molecule has 4 N–H and O–H groups in total. The molecule has 0 spiro atoms. The summed E-state index contributed by atoms with van der Waals surface area (Å²) in [6.45, 7) is 0. The van der Waals surface area contributed by atoms with Crippen LogP contribution in [0.3, 0.4) is 0 Å². The number of benzene rings is 1. The Balaban J connectivity index is 1.93. The van der Waals surface area contributed by atoms with Crippen LogP contribution in [0.15, 0.2) is 44.9 Å². The standard InChI is InChI=1S/C15H17N3O5S2/c16-24(20,21)11-5-7-12(8-6-11)25(22,23)18-14-9-10-3-1-2-4-13(10)17-15(14)19/h5-9,18H,1-4H2,(H,17,19)(H2,16,20,21). The average Bonchev–Trinajstić information content (AvgIpc) is 2.55. The molecule has 0 fully saturated rings. The number of aryl methyl sites for hydroxylation is 2. The van der Waals surface area contributed by atoms with E-state index in [1.807, 2.05) is 0 Å². The zero-order valence-corrected chi connectivity index (χ0v) is 14.8. The Hall–Kier alpha value is -2.17. The first-order chi connectivity index (χ1) is 11.7. The van der Waals surface area contributed by atoms with Crippen LogP contribution in [0.2, 0.25) is 0 Å². The summed E-state index contributed by atoms with van der Waals surface area (Å²) in [4.78, 5) is 14.5. The second kappa shape index (κ2) is 6.28. The zero-order valence-electron chi connectivity index (χ0n) is 13.2. The van der Waals surface area contributed by atoms with E-state index in [-0.39, 0.29) is 15.5 Å². The van der Waals surface area contributed by atoms with Crippen LogP contribution in [0, 0.1) is 0 Å². The largest absolute Gasteiger partial charge is 0.324 e. The number of nitrogens with two attached hydrogens (primary N) is 1. The van der Waals surface area contributed by atoms with Crippen molar-refractivity contribution in [2.45, 2.75) is 35.5 Å². The number of sulfonamides is 2. The fourth-order valence-electron chi connectivity index (χ4n) is 2.76. The fraction of sp³-hybridized carbons (Fsp3) is 0.267. The number of rotatable bonds is 4. The van der Waals surface area contributed by atoms with Crippen molar-refractivity contribution in [2.24, 2.45) is 5.14 Å². The molecule has 0 aliphatic heterocycles. The number of fused-ring (bicyclic) bond motifs is 1. The summed E-state index contributed by atoms with van der Waals surface area (Å²) >= 11 is 0. The SMILES string of the molecule is NS(=O)(=O)c1ccc(S(=O)(=O)Nc2cc3c([nH]c2=O)CCCC3)cc1. The maximum atomic E-state index is 12.4. The van der Waals surface area contributed by atoms with Crippen molar-refractivity contribution in [3.05, 3.63) is 51.9 Å². The molecule has 0 bridgehead atoms. The highest BCUT2D eigenvalue weighted by Crippen LogP contribution is 2.22. The van der Waals surface area contributed by atoms with Crippen LogP contribution in [0.4, 0.5) is 5.69 Å². The molecule has 134 valence electrons. The van der Waals surface area contributed by atoms with E-state index in [1.54, 1.807) is 6.07 Å². The third kappa shape index (κ3) is 3.75. The molecule has 1 aromatic heterocycles. The highest BCUT2D eigenvalue weighted by atomic mass is 32.2. The van der Waals surface area contributed by atoms with Crippen LogP contribution in [-0.2, 0) is 32.9 Å². The minimum atomic E-state index is -4.03. The van der Waals surface area contributed by atoms with E-state index in [9.17, 15) is 21.6 Å². The molecule has 0 atom stereocenters. The molecule has 0 saturated heterocycles. The van der Waals surface area contributed by atoms with Crippen molar-refractivity contribution < 1.29 is 16.8 Å². The van der Waals surface area contributed by atoms with Gasteiger partial charge in [-0.05, 0) is 61.6 Å². The summed E-state index contributed by atoms with van der Waals surface area (Å²) in [5.74, 6) is 0. The molecule has 1 heterocycles. The smallest absolute Gasteiger partial charge is 0.272 e. The van der Waals surface area contributed by atoms with Gasteiger partial charge in [-0.15, -0.1) is 0 Å². The van der Waals surface area contributed by atoms with E-state index in [2.05, 4.69) is 9.71 Å². The first-order valence-electron chi connectivity index (χ1n) is 7.57. The Kier molecular flexibility index (Phi) is 4.43. The maximum absolute atomic E-state index is 12.4. The predicted molar refractivity (Wildman–Crippen MR) is 92.3 cm³/mol. The van der Waals surface area contributed by atoms with E-state index in [4.69, 9.17) is 5.14 Å². The lowest BCUT2D eigenvalue weighted by Gasteiger charge is -2.16. The first kappa shape index (κ1) is 17.6. The molecule has 10 heteroatoms. The van der Waals surface area contributed by atoms with Crippen LogP contribution in [0.1, 0.15) is 24.1 Å². The Labute approximate surface area is 145 Å². The van der Waals surface area contributed by atoms with Gasteiger partial charge in [0, 0.05) is 5.69 Å². The molecule has 1 aromatic carbocycles. The molecule has 25 heavy (non-hydrogen) atoms. The highest BCUT2D eigenvalue weighted by Gasteiger charge is 2.19. The lowest BCUT2D eigenvalue weighted by atomic mass is 9.96. The van der Waals surface area contributed by atoms with Gasteiger partial charge in [0.25, 0.3) is 15.6 Å². The fourth-order valence-corrected chi connectivity index (χ4v) is 4.33. The lowest BCUT2D eigenvalue weighted by molar-refractivity contribution is 0.595. The summed E-state index contributed by atoms with van der Waals surface area (Å²) < 4.78 is 49.6. The minimum Gasteiger partial charge on any atom is -0.324 e. The van der Waals surface area contributed by atoms with Gasteiger partial charge < -0.3 is 4.98 Å². The summed E-state index contributed by atoms with van der Waals surface area (Å²) in [7, 11) is -7.94. The summed E-state index contributed by atoms with van der Waals surface area (Å²) in [5.41, 5.74) is 1.20. The highest BCUT2D eigenvalue weighted by molar-refractivity contribution is 7.92. The monoisotopic (exact) mass is 383 g/mol. The number of aromatic amines is 1. The third-order valence-corrected chi connectivity index (χ3v) is 6.36. The van der Waals surface area contributed by atoms with Crippen LogP contribution < -0.4 is 15.4 Å². The Morgan fingerprint density at radius 3 is 2.20 bits per heavy atom. The van der Waals surface area contributed by atoms with Crippen molar-refractivity contribution in [2.75, 3.05) is 4.72 Å². The van der Waals surface area contributed by atoms with Crippen molar-refractivity contribution >= 4 is 25.7 Å². The molecule has 8 nitrogen and oxygen atoms in total. The van der Waals surface area contributed by atoms with Gasteiger partial charge in [-0.2, -0.15) is 0 Å². The van der Waals surface area contributed by atoms with Crippen LogP contribution >= 0.6 is 0 Å². The molecule has 0 amide bonds. The number of primary sulfonamides is 1. The molecule has 0 unspecified atom stereocenters. The minimum absolute atomic E-state index is 0.0591. The topological polar surface area (TPSA) is 139 Å². The molecule has 0 saturated carbocycles. The van der Waals surface area contributed by atoms with E-state index in [0.29, 0.717) is 0 Å². The zero-order chi connectivity index (χ0) is 18.2. The number of H-pyrrole nitrogens is 1. The van der Waals surface area contributed by atoms with Crippen molar-refractivity contribution in [3.8, 4) is 0 Å². The second-order valence-corrected chi connectivity index (χ2v) is 9.09. The van der Waals surface area contributed by atoms with Crippen LogP contribution in [0.25, 0.3) is 0 Å². The normalized spacial score (nSPS) is 14.8. The molecule has 2 aromatic rings. The van der Waals surface area contributed by atoms with Gasteiger partial charge in [0.15, 0.2) is 0 Å². The number of pyridine rings is 1. The number of anilines is 1. The second-order valence-electron chi connectivity index (χ2n) is 5.84. The number of hydrogen-bond acceptors (Lipinski definition) is 5. The number of aromatic nitrogens is 1. The predicted octanol–water partition coefficient (Wildman–Crippen LogP) is 0.702. The molecular weight excluding hydrogens is 366 g/mol. The third-order valence-electron chi connectivity index (χ3n) is 4.05. The van der Waals surface area contributed by atoms with E-state index in [0.717, 1.165) is 61.2 Å². The van der Waals surface area contributed by atoms with Gasteiger partial charge in [0.05, 0.1) is 9.79 Å². The van der Waals surface area contributed by atoms with Crippen LogP contribution in [-0.4, -0.2) is 21.8 Å². The number of hydrogen-bond donors (Lipinski definition) is 3. The molecule has 0 radical (unpaired) electrons. The van der Waals surface area contributed by atoms with Crippen molar-refractivity contribution in [3.63, 3.8) is 0 Å². The molecule has 3 rings (SSSR count). The Morgan fingerprint density at radius 2 is 1.56 bits per heavy atom. The molecule has 1 aliphatic carbocycles. The Bertz CT molecular complexity index is 1070. The lowest BCUT2D eigenvalue weighted by Crippen LogP contribution is -2.23. The van der Waals surface area contributed by atoms with Crippen molar-refractivity contribution in [1.29, 1.82) is 0 Å². The quantitative estimate of drug-likeness (QED) is 0.713.